The van der Waals surface area contributed by atoms with Crippen LogP contribution in [0.1, 0.15) is 22.7 Å². The predicted octanol–water partition coefficient (Wildman–Crippen LogP) is 1.90. The van der Waals surface area contributed by atoms with E-state index in [9.17, 15) is 4.79 Å². The maximum absolute atomic E-state index is 11.7. The molecule has 2 rings (SSSR count). The van der Waals surface area contributed by atoms with Crippen LogP contribution in [0.25, 0.3) is 0 Å². The van der Waals surface area contributed by atoms with E-state index in [0.717, 1.165) is 22.4 Å². The molecule has 100 valence electrons. The summed E-state index contributed by atoms with van der Waals surface area (Å²) in [5, 5.41) is 11.6. The summed E-state index contributed by atoms with van der Waals surface area (Å²) in [4.78, 5) is 13.2. The van der Waals surface area contributed by atoms with E-state index < -0.39 is 0 Å². The number of amides is 2. The lowest BCUT2D eigenvalue weighted by Crippen LogP contribution is -2.28. The number of nitrogens with one attached hydrogen (secondary N) is 1. The number of urea groups is 1. The summed E-state index contributed by atoms with van der Waals surface area (Å²) < 4.78 is 5.33. The molecule has 1 heterocycles. The van der Waals surface area contributed by atoms with Crippen LogP contribution >= 0.6 is 0 Å². The van der Waals surface area contributed by atoms with E-state index in [0.29, 0.717) is 6.54 Å². The highest BCUT2D eigenvalue weighted by Gasteiger charge is 2.29. The predicted molar refractivity (Wildman–Crippen MR) is 70.9 cm³/mol. The standard InChI is InChI=1S/C14H17N3O2/c1-9-6-11(7-10(2)13(9)19-3)12-8-17(5-4-15)14(18)16-12/h6-7,12H,5,8H2,1-3H3,(H,16,18). The monoisotopic (exact) mass is 259 g/mol. The Kier molecular flexibility index (Phi) is 3.61. The summed E-state index contributed by atoms with van der Waals surface area (Å²) >= 11 is 0. The third-order valence-electron chi connectivity index (χ3n) is 3.34. The van der Waals surface area contributed by atoms with Gasteiger partial charge in [0.1, 0.15) is 12.3 Å². The number of carbonyl (C=O) groups excluding carboxylic acids is 1. The number of methoxy groups -OCH3 is 1. The zero-order chi connectivity index (χ0) is 14.0. The number of rotatable bonds is 3. The van der Waals surface area contributed by atoms with Crippen molar-refractivity contribution in [3.05, 3.63) is 28.8 Å². The van der Waals surface area contributed by atoms with E-state index in [1.54, 1.807) is 7.11 Å². The second-order valence-corrected chi connectivity index (χ2v) is 4.73. The van der Waals surface area contributed by atoms with E-state index in [-0.39, 0.29) is 18.6 Å². The molecule has 19 heavy (non-hydrogen) atoms. The van der Waals surface area contributed by atoms with Crippen molar-refractivity contribution >= 4 is 6.03 Å². The number of aryl methyl sites for hydroxylation is 2. The molecule has 1 fully saturated rings. The van der Waals surface area contributed by atoms with Gasteiger partial charge in [0.2, 0.25) is 0 Å². The smallest absolute Gasteiger partial charge is 0.318 e. The van der Waals surface area contributed by atoms with Crippen LogP contribution in [-0.4, -0.2) is 31.1 Å². The maximum Gasteiger partial charge on any atom is 0.318 e. The number of carbonyl (C=O) groups is 1. The highest BCUT2D eigenvalue weighted by atomic mass is 16.5. The highest BCUT2D eigenvalue weighted by molar-refractivity contribution is 5.77. The summed E-state index contributed by atoms with van der Waals surface area (Å²) in [6, 6.07) is 5.79. The van der Waals surface area contributed by atoms with Gasteiger partial charge in [-0.1, -0.05) is 12.1 Å². The van der Waals surface area contributed by atoms with E-state index in [1.807, 2.05) is 32.0 Å². The minimum absolute atomic E-state index is 0.0656. The van der Waals surface area contributed by atoms with Gasteiger partial charge in [0.05, 0.1) is 19.2 Å². The number of ether oxygens (including phenoxy) is 1. The Morgan fingerprint density at radius 2 is 2.11 bits per heavy atom. The van der Waals surface area contributed by atoms with Crippen LogP contribution in [0.5, 0.6) is 5.75 Å². The van der Waals surface area contributed by atoms with Crippen LogP contribution in [0.3, 0.4) is 0 Å². The fourth-order valence-corrected chi connectivity index (χ4v) is 2.51. The average Bonchev–Trinajstić information content (AvgIpc) is 2.71. The van der Waals surface area contributed by atoms with Gasteiger partial charge >= 0.3 is 6.03 Å². The van der Waals surface area contributed by atoms with Crippen LogP contribution in [0.2, 0.25) is 0 Å². The highest BCUT2D eigenvalue weighted by Crippen LogP contribution is 2.29. The van der Waals surface area contributed by atoms with Gasteiger partial charge in [-0.15, -0.1) is 0 Å². The van der Waals surface area contributed by atoms with Crippen molar-refractivity contribution in [1.82, 2.24) is 10.2 Å². The second kappa shape index (κ2) is 5.19. The van der Waals surface area contributed by atoms with Crippen molar-refractivity contribution in [2.45, 2.75) is 19.9 Å². The zero-order valence-corrected chi connectivity index (χ0v) is 11.4. The minimum Gasteiger partial charge on any atom is -0.496 e. The largest absolute Gasteiger partial charge is 0.496 e. The summed E-state index contributed by atoms with van der Waals surface area (Å²) in [5.41, 5.74) is 3.14. The molecule has 0 aromatic heterocycles. The van der Waals surface area contributed by atoms with Gasteiger partial charge in [-0.25, -0.2) is 4.79 Å². The van der Waals surface area contributed by atoms with Crippen LogP contribution in [0.4, 0.5) is 4.79 Å². The number of nitriles is 1. The van der Waals surface area contributed by atoms with Crippen molar-refractivity contribution in [2.24, 2.45) is 0 Å². The normalized spacial score (nSPS) is 18.1. The molecule has 2 amide bonds. The van der Waals surface area contributed by atoms with Gasteiger partial charge in [-0.2, -0.15) is 5.26 Å². The summed E-state index contributed by atoms with van der Waals surface area (Å²) in [5.74, 6) is 0.877. The number of hydrogen-bond acceptors (Lipinski definition) is 3. The lowest BCUT2D eigenvalue weighted by Gasteiger charge is -2.15. The number of hydrogen-bond donors (Lipinski definition) is 1. The molecule has 1 atom stereocenters. The molecule has 5 nitrogen and oxygen atoms in total. The van der Waals surface area contributed by atoms with Gasteiger partial charge < -0.3 is 15.0 Å². The van der Waals surface area contributed by atoms with Crippen molar-refractivity contribution in [3.8, 4) is 11.8 Å². The quantitative estimate of drug-likeness (QED) is 0.843. The average molecular weight is 259 g/mol. The van der Waals surface area contributed by atoms with Crippen LogP contribution in [-0.2, 0) is 0 Å². The Balaban J connectivity index is 2.25. The number of nitrogens with zero attached hydrogens (tertiary/aromatic N) is 2. The summed E-state index contributed by atoms with van der Waals surface area (Å²) in [6.07, 6.45) is 0. The van der Waals surface area contributed by atoms with Crippen LogP contribution < -0.4 is 10.1 Å². The molecular weight excluding hydrogens is 242 g/mol. The summed E-state index contributed by atoms with van der Waals surface area (Å²) in [7, 11) is 1.65. The molecule has 1 unspecified atom stereocenters. The van der Waals surface area contributed by atoms with Crippen molar-refractivity contribution < 1.29 is 9.53 Å². The second-order valence-electron chi connectivity index (χ2n) is 4.73. The first-order valence-corrected chi connectivity index (χ1v) is 6.14. The van der Waals surface area contributed by atoms with Gasteiger partial charge in [0.15, 0.2) is 0 Å². The molecule has 0 aliphatic carbocycles. The van der Waals surface area contributed by atoms with E-state index >= 15 is 0 Å². The van der Waals surface area contributed by atoms with Crippen molar-refractivity contribution in [1.29, 1.82) is 5.26 Å². The first-order chi connectivity index (χ1) is 9.06. The molecule has 5 heteroatoms. The minimum atomic E-state index is -0.183. The van der Waals surface area contributed by atoms with Crippen LogP contribution in [0.15, 0.2) is 12.1 Å². The zero-order valence-electron chi connectivity index (χ0n) is 11.4. The van der Waals surface area contributed by atoms with Crippen molar-refractivity contribution in [3.63, 3.8) is 0 Å². The molecule has 1 aliphatic heterocycles. The van der Waals surface area contributed by atoms with Crippen LogP contribution in [0, 0.1) is 25.2 Å². The summed E-state index contributed by atoms with van der Waals surface area (Å²) in [6.45, 7) is 4.62. The molecule has 0 radical (unpaired) electrons. The first-order valence-electron chi connectivity index (χ1n) is 6.14. The topological polar surface area (TPSA) is 65.4 Å². The van der Waals surface area contributed by atoms with E-state index in [2.05, 4.69) is 5.32 Å². The van der Waals surface area contributed by atoms with Crippen molar-refractivity contribution in [2.75, 3.05) is 20.2 Å². The lowest BCUT2D eigenvalue weighted by atomic mass is 10.0. The Bertz CT molecular complexity index is 525. The molecule has 1 saturated heterocycles. The van der Waals surface area contributed by atoms with Gasteiger partial charge in [-0.3, -0.25) is 0 Å². The molecule has 1 aliphatic rings. The molecular formula is C14H17N3O2. The van der Waals surface area contributed by atoms with E-state index in [4.69, 9.17) is 10.00 Å². The fourth-order valence-electron chi connectivity index (χ4n) is 2.51. The van der Waals surface area contributed by atoms with Gasteiger partial charge in [0.25, 0.3) is 0 Å². The molecule has 1 N–H and O–H groups in total. The first kappa shape index (κ1) is 13.2. The molecule has 1 aromatic rings. The SMILES string of the molecule is COc1c(C)cc(C2CN(CC#N)C(=O)N2)cc1C. The molecule has 1 aromatic carbocycles. The van der Waals surface area contributed by atoms with Gasteiger partial charge in [0, 0.05) is 6.54 Å². The Labute approximate surface area is 112 Å². The molecule has 0 bridgehead atoms. The fraction of sp³-hybridized carbons (Fsp3) is 0.429. The van der Waals surface area contributed by atoms with E-state index in [1.165, 1.54) is 4.90 Å². The molecule has 0 saturated carbocycles. The molecule has 0 spiro atoms. The lowest BCUT2D eigenvalue weighted by molar-refractivity contribution is 0.222. The Morgan fingerprint density at radius 3 is 2.63 bits per heavy atom. The third kappa shape index (κ3) is 2.48. The van der Waals surface area contributed by atoms with Gasteiger partial charge in [-0.05, 0) is 30.5 Å². The third-order valence-corrected chi connectivity index (χ3v) is 3.34. The Hall–Kier alpha value is -2.22. The Morgan fingerprint density at radius 1 is 1.47 bits per heavy atom. The maximum atomic E-state index is 11.7. The number of benzene rings is 1.